The second kappa shape index (κ2) is 12.7. The number of nitrogens with zero attached hydrogens (tertiary/aromatic N) is 2. The van der Waals surface area contributed by atoms with E-state index in [1.165, 1.54) is 33.9 Å². The molecule has 6 nitrogen and oxygen atoms in total. The van der Waals surface area contributed by atoms with Crippen LogP contribution in [0.3, 0.4) is 0 Å². The molecule has 208 valence electrons. The molecule has 0 spiro atoms. The molecular formula is C32H40N2O4S. The van der Waals surface area contributed by atoms with Crippen LogP contribution in [0, 0.1) is 0 Å². The summed E-state index contributed by atoms with van der Waals surface area (Å²) < 4.78 is 6.98. The molecule has 2 aromatic rings. The first-order chi connectivity index (χ1) is 18.8. The lowest BCUT2D eigenvalue weighted by atomic mass is 9.81. The van der Waals surface area contributed by atoms with Gasteiger partial charge in [-0.3, -0.25) is 5.04 Å². The molecule has 39 heavy (non-hydrogen) atoms. The number of allylic oxidation sites excluding steroid dienone is 6. The molecule has 0 aromatic heterocycles. The summed E-state index contributed by atoms with van der Waals surface area (Å²) in [6.07, 6.45) is 13.7. The van der Waals surface area contributed by atoms with E-state index in [0.29, 0.717) is 0 Å². The Labute approximate surface area is 237 Å². The Balaban J connectivity index is 1.57. The summed E-state index contributed by atoms with van der Waals surface area (Å²) in [7, 11) is 0. The van der Waals surface area contributed by atoms with Crippen molar-refractivity contribution in [2.45, 2.75) is 69.6 Å². The van der Waals surface area contributed by atoms with Gasteiger partial charge >= 0.3 is 0 Å². The molecule has 2 aliphatic rings. The molecule has 0 amide bonds. The predicted octanol–water partition coefficient (Wildman–Crippen LogP) is 6.27. The third-order valence-corrected chi connectivity index (χ3v) is 8.48. The van der Waals surface area contributed by atoms with Gasteiger partial charge in [0.2, 0.25) is 5.69 Å². The van der Waals surface area contributed by atoms with E-state index in [1.54, 1.807) is 0 Å². The fourth-order valence-electron chi connectivity index (χ4n) is 5.90. The highest BCUT2D eigenvalue weighted by Crippen LogP contribution is 2.48. The second-order valence-corrected chi connectivity index (χ2v) is 11.8. The van der Waals surface area contributed by atoms with Crippen LogP contribution in [0.15, 0.2) is 83.4 Å². The maximum atomic E-state index is 10.3. The average molecular weight is 549 g/mol. The van der Waals surface area contributed by atoms with Crippen LogP contribution in [0.2, 0.25) is 0 Å². The van der Waals surface area contributed by atoms with Gasteiger partial charge in [0.05, 0.1) is 17.5 Å². The van der Waals surface area contributed by atoms with Gasteiger partial charge in [-0.1, -0.05) is 50.3 Å². The van der Waals surface area contributed by atoms with Crippen molar-refractivity contribution in [1.29, 1.82) is 0 Å². The van der Waals surface area contributed by atoms with E-state index in [0.717, 1.165) is 49.3 Å². The highest BCUT2D eigenvalue weighted by atomic mass is 32.2. The quantitative estimate of drug-likeness (QED) is 0.0842. The lowest BCUT2D eigenvalue weighted by Gasteiger charge is -2.25. The first-order valence-corrected chi connectivity index (χ1v) is 14.5. The van der Waals surface area contributed by atoms with Crippen LogP contribution in [-0.4, -0.2) is 35.1 Å². The van der Waals surface area contributed by atoms with Gasteiger partial charge in [0.25, 0.3) is 0 Å². The molecule has 7 heteroatoms. The van der Waals surface area contributed by atoms with Gasteiger partial charge in [-0.2, -0.15) is 8.91 Å². The minimum atomic E-state index is -0.205. The van der Waals surface area contributed by atoms with Crippen LogP contribution in [0.25, 0.3) is 0 Å². The van der Waals surface area contributed by atoms with Crippen molar-refractivity contribution in [1.82, 2.24) is 0 Å². The zero-order valence-electron chi connectivity index (χ0n) is 23.6. The van der Waals surface area contributed by atoms with Crippen LogP contribution in [0.4, 0.5) is 11.4 Å². The molecular weight excluding hydrogens is 508 g/mol. The molecule has 0 saturated heterocycles. The first-order valence-electron chi connectivity index (χ1n) is 13.7. The number of rotatable bonds is 12. The van der Waals surface area contributed by atoms with Crippen molar-refractivity contribution in [3.63, 3.8) is 0 Å². The number of aliphatic hydroxyl groups is 1. The minimum Gasteiger partial charge on any atom is -0.691 e. The number of unbranched alkanes of at least 4 members (excludes halogenated alkanes) is 2. The molecule has 2 heterocycles. The van der Waals surface area contributed by atoms with Crippen LogP contribution in [0.1, 0.15) is 65.0 Å². The summed E-state index contributed by atoms with van der Waals surface area (Å²) >= 11 is 0.923. The van der Waals surface area contributed by atoms with Gasteiger partial charge < -0.3 is 15.3 Å². The molecule has 0 atom stereocenters. The summed E-state index contributed by atoms with van der Waals surface area (Å²) in [5.41, 5.74) is 7.23. The molecule has 0 unspecified atom stereocenters. The number of hydrogen-bond acceptors (Lipinski definition) is 6. The second-order valence-electron chi connectivity index (χ2n) is 11.0. The van der Waals surface area contributed by atoms with Crippen LogP contribution in [-0.2, 0) is 20.2 Å². The smallest absolute Gasteiger partial charge is 0.209 e. The number of para-hydroxylation sites is 1. The largest absolute Gasteiger partial charge is 0.691 e. The molecule has 1 N–H and O–H groups in total. The molecule has 0 saturated carbocycles. The molecule has 0 radical (unpaired) electrons. The number of likely N-dealkylation sites (N-methyl/N-ethyl adjacent to an activating group) is 1. The lowest BCUT2D eigenvalue weighted by Crippen LogP contribution is -2.27. The highest BCUT2D eigenvalue weighted by Gasteiger charge is 2.43. The van der Waals surface area contributed by atoms with Gasteiger partial charge in [0, 0.05) is 59.0 Å². The molecule has 2 aliphatic heterocycles. The normalized spacial score (nSPS) is 18.6. The molecule has 0 aliphatic carbocycles. The Kier molecular flexibility index (Phi) is 9.51. The Morgan fingerprint density at radius 3 is 2.51 bits per heavy atom. The maximum absolute atomic E-state index is 10.3. The van der Waals surface area contributed by atoms with E-state index >= 15 is 0 Å². The number of hydrogen-bond donors (Lipinski definition) is 1. The summed E-state index contributed by atoms with van der Waals surface area (Å²) in [6.45, 7) is 13.2. The Hall–Kier alpha value is -2.68. The fourth-order valence-corrected chi connectivity index (χ4v) is 6.29. The predicted molar refractivity (Wildman–Crippen MR) is 157 cm³/mol. The average Bonchev–Trinajstić information content (AvgIpc) is 3.28. The van der Waals surface area contributed by atoms with Gasteiger partial charge in [-0.25, -0.2) is 0 Å². The number of fused-ring (bicyclic) bond motifs is 2. The van der Waals surface area contributed by atoms with Gasteiger partial charge in [0.15, 0.2) is 5.71 Å². The zero-order valence-corrected chi connectivity index (χ0v) is 24.5. The maximum Gasteiger partial charge on any atom is 0.209 e. The Morgan fingerprint density at radius 1 is 0.974 bits per heavy atom. The number of benzene rings is 2. The monoisotopic (exact) mass is 548 g/mol. The topological polar surface area (TPSA) is 68.0 Å². The van der Waals surface area contributed by atoms with E-state index in [2.05, 4.69) is 120 Å². The van der Waals surface area contributed by atoms with Crippen molar-refractivity contribution in [2.24, 2.45) is 0 Å². The Bertz CT molecular complexity index is 1290. The van der Waals surface area contributed by atoms with Crippen molar-refractivity contribution < 1.29 is 24.3 Å². The molecule has 4 rings (SSSR count). The van der Waals surface area contributed by atoms with E-state index in [9.17, 15) is 10.4 Å². The SMILES string of the molecule is CCN1/C(=C/C=C/C=C/C2=[N+](CCCCCO)c3ccccc3C2(C)C)C(C)(C)c2cc(SOO[O-])ccc21. The van der Waals surface area contributed by atoms with Crippen LogP contribution in [0.5, 0.6) is 0 Å². The van der Waals surface area contributed by atoms with Crippen molar-refractivity contribution in [2.75, 3.05) is 24.6 Å². The van der Waals surface area contributed by atoms with Crippen molar-refractivity contribution in [3.05, 3.63) is 89.7 Å². The van der Waals surface area contributed by atoms with Crippen molar-refractivity contribution in [3.8, 4) is 0 Å². The summed E-state index contributed by atoms with van der Waals surface area (Å²) in [4.78, 5) is 3.16. The van der Waals surface area contributed by atoms with Crippen molar-refractivity contribution >= 4 is 29.1 Å². The fraction of sp³-hybridized carbons (Fsp3) is 0.406. The molecule has 0 bridgehead atoms. The molecule has 2 aromatic carbocycles. The van der Waals surface area contributed by atoms with Gasteiger partial charge in [-0.15, -0.1) is 0 Å². The summed E-state index contributed by atoms with van der Waals surface area (Å²) in [5.74, 6) is 0. The summed E-state index contributed by atoms with van der Waals surface area (Å²) in [6, 6.07) is 14.8. The van der Waals surface area contributed by atoms with Crippen LogP contribution >= 0.6 is 12.0 Å². The third-order valence-electron chi connectivity index (χ3n) is 7.91. The van der Waals surface area contributed by atoms with E-state index < -0.39 is 0 Å². The number of aliphatic hydroxyl groups excluding tert-OH is 1. The van der Waals surface area contributed by atoms with E-state index in [1.807, 2.05) is 6.07 Å². The van der Waals surface area contributed by atoms with Crippen LogP contribution < -0.4 is 10.2 Å². The standard InChI is InChI=1S/C32H40N2O4S/c1-6-33-28-20-19-24(39-38-37-36)23-26(28)32(4,5)29(33)17-9-7-10-18-30-31(2,3)25-15-11-12-16-27(25)34(30)21-13-8-14-22-35/h7,9-12,15-20,23,35H,6,8,13-14,21-22H2,1-5H3. The molecule has 0 fully saturated rings. The summed E-state index contributed by atoms with van der Waals surface area (Å²) in [5, 5.41) is 23.0. The van der Waals surface area contributed by atoms with E-state index in [-0.39, 0.29) is 17.4 Å². The lowest BCUT2D eigenvalue weighted by molar-refractivity contribution is -0.777. The third kappa shape index (κ3) is 5.93. The Morgan fingerprint density at radius 2 is 1.77 bits per heavy atom. The highest BCUT2D eigenvalue weighted by molar-refractivity contribution is 7.94. The van der Waals surface area contributed by atoms with Gasteiger partial charge in [-0.05, 0) is 63.5 Å². The van der Waals surface area contributed by atoms with Gasteiger partial charge in [0.1, 0.15) is 6.54 Å². The minimum absolute atomic E-state index is 0.0823. The van der Waals surface area contributed by atoms with E-state index in [4.69, 9.17) is 0 Å². The zero-order chi connectivity index (χ0) is 28.0. The first kappa shape index (κ1) is 29.3. The number of anilines is 1.